The number of fused-ring (bicyclic) bond motifs is 1. The largest absolute Gasteiger partial charge is 0.374 e. The van der Waals surface area contributed by atoms with Gasteiger partial charge in [0.05, 0.1) is 19.8 Å². The fourth-order valence-corrected chi connectivity index (χ4v) is 5.95. The maximum Gasteiger partial charge on any atom is 0.366 e. The van der Waals surface area contributed by atoms with Crippen LogP contribution in [0.4, 0.5) is 0 Å². The smallest absolute Gasteiger partial charge is 0.366 e. The molecule has 0 saturated carbocycles. The van der Waals surface area contributed by atoms with Gasteiger partial charge in [-0.2, -0.15) is 0 Å². The fraction of sp³-hybridized carbons (Fsp3) is 0.520. The van der Waals surface area contributed by atoms with Gasteiger partial charge < -0.3 is 37.8 Å². The Kier molecular flexibility index (Phi) is 8.12. The molecule has 2 aliphatic rings. The molecule has 2 heterocycles. The molecule has 0 radical (unpaired) electrons. The topological polar surface area (TPSA) is 102 Å². The lowest BCUT2D eigenvalue weighted by molar-refractivity contribution is -0.240. The van der Waals surface area contributed by atoms with E-state index in [2.05, 4.69) is 0 Å². The Balaban J connectivity index is 1.61. The van der Waals surface area contributed by atoms with Crippen LogP contribution in [0.15, 0.2) is 60.7 Å². The molecule has 4 rings (SSSR count). The fourth-order valence-electron chi connectivity index (χ4n) is 4.40. The molecule has 0 bridgehead atoms. The molecule has 2 saturated heterocycles. The van der Waals surface area contributed by atoms with E-state index in [9.17, 15) is 9.67 Å². The molecule has 35 heavy (non-hydrogen) atoms. The van der Waals surface area contributed by atoms with E-state index in [1.54, 1.807) is 13.8 Å². The van der Waals surface area contributed by atoms with E-state index in [1.165, 1.54) is 14.2 Å². The van der Waals surface area contributed by atoms with Gasteiger partial charge in [-0.15, -0.1) is 0 Å². The second-order valence-corrected chi connectivity index (χ2v) is 11.5. The second kappa shape index (κ2) is 10.8. The molecule has 0 aliphatic carbocycles. The van der Waals surface area contributed by atoms with Crippen molar-refractivity contribution in [1.29, 1.82) is 0 Å². The van der Waals surface area contributed by atoms with Crippen LogP contribution in [0.1, 0.15) is 25.0 Å². The minimum Gasteiger partial charge on any atom is -0.374 e. The summed E-state index contributed by atoms with van der Waals surface area (Å²) in [5.41, 5.74) is 1.80. The molecule has 1 N–H and O–H groups in total. The second-order valence-electron chi connectivity index (χ2n) is 9.01. The molecule has 0 unspecified atom stereocenters. The van der Waals surface area contributed by atoms with E-state index in [0.29, 0.717) is 0 Å². The summed E-state index contributed by atoms with van der Waals surface area (Å²) in [6.45, 7) is 3.51. The lowest BCUT2D eigenvalue weighted by atomic mass is 10.0. The van der Waals surface area contributed by atoms with Gasteiger partial charge in [-0.05, 0) is 25.0 Å². The third-order valence-corrected chi connectivity index (χ3v) is 8.41. The molecule has 5 atom stereocenters. The number of rotatable bonds is 11. The predicted octanol–water partition coefficient (Wildman–Crippen LogP) is 3.84. The van der Waals surface area contributed by atoms with Crippen molar-refractivity contribution < 1.29 is 42.4 Å². The van der Waals surface area contributed by atoms with Gasteiger partial charge in [0.25, 0.3) is 0 Å². The third-order valence-electron chi connectivity index (χ3n) is 6.11. The summed E-state index contributed by atoms with van der Waals surface area (Å²) in [5, 5.41) is 9.69. The molecule has 0 spiro atoms. The van der Waals surface area contributed by atoms with E-state index in [1.807, 2.05) is 60.7 Å². The van der Waals surface area contributed by atoms with Crippen LogP contribution >= 0.6 is 7.60 Å². The molecule has 9 nitrogen and oxygen atoms in total. The van der Waals surface area contributed by atoms with Crippen LogP contribution in [0, 0.1) is 0 Å². The van der Waals surface area contributed by atoms with Gasteiger partial charge in [0.15, 0.2) is 12.1 Å². The monoisotopic (exact) mass is 508 g/mol. The van der Waals surface area contributed by atoms with E-state index in [-0.39, 0.29) is 13.2 Å². The van der Waals surface area contributed by atoms with Crippen LogP contribution in [-0.2, 0) is 50.5 Å². The van der Waals surface area contributed by atoms with Crippen molar-refractivity contribution in [3.8, 4) is 0 Å². The number of aliphatic hydroxyl groups is 1. The first kappa shape index (κ1) is 26.4. The van der Waals surface area contributed by atoms with Gasteiger partial charge in [-0.1, -0.05) is 60.7 Å². The van der Waals surface area contributed by atoms with Gasteiger partial charge in [0.2, 0.25) is 5.34 Å². The van der Waals surface area contributed by atoms with Crippen molar-refractivity contribution in [2.45, 2.75) is 62.8 Å². The maximum absolute atomic E-state index is 13.7. The molecule has 2 fully saturated rings. The summed E-state index contributed by atoms with van der Waals surface area (Å²) in [6.07, 6.45) is -3.58. The first-order valence-corrected chi connectivity index (χ1v) is 13.0. The summed E-state index contributed by atoms with van der Waals surface area (Å²) in [5.74, 6) is -0.914. The average Bonchev–Trinajstić information content (AvgIpc) is 3.35. The van der Waals surface area contributed by atoms with E-state index < -0.39 is 49.9 Å². The lowest BCUT2D eigenvalue weighted by Gasteiger charge is -2.39. The first-order chi connectivity index (χ1) is 16.7. The van der Waals surface area contributed by atoms with Crippen LogP contribution in [0.2, 0.25) is 0 Å². The Morgan fingerprint density at radius 3 is 2.09 bits per heavy atom. The van der Waals surface area contributed by atoms with Gasteiger partial charge in [0.1, 0.15) is 18.3 Å². The van der Waals surface area contributed by atoms with Crippen LogP contribution in [0.25, 0.3) is 0 Å². The maximum atomic E-state index is 13.7. The van der Waals surface area contributed by atoms with Gasteiger partial charge in [0, 0.05) is 14.2 Å². The first-order valence-electron chi connectivity index (χ1n) is 11.4. The van der Waals surface area contributed by atoms with E-state index in [0.717, 1.165) is 11.1 Å². The Bertz CT molecular complexity index is 995. The Morgan fingerprint density at radius 1 is 0.943 bits per heavy atom. The minimum atomic E-state index is -4.16. The zero-order chi connectivity index (χ0) is 25.1. The summed E-state index contributed by atoms with van der Waals surface area (Å²) >= 11 is 0. The van der Waals surface area contributed by atoms with Gasteiger partial charge >= 0.3 is 7.60 Å². The number of benzene rings is 2. The number of hydrogen-bond acceptors (Lipinski definition) is 9. The van der Waals surface area contributed by atoms with Crippen LogP contribution in [0.3, 0.4) is 0 Å². The highest BCUT2D eigenvalue weighted by Gasteiger charge is 2.67. The Morgan fingerprint density at radius 2 is 1.51 bits per heavy atom. The van der Waals surface area contributed by atoms with Crippen molar-refractivity contribution in [2.24, 2.45) is 0 Å². The van der Waals surface area contributed by atoms with Crippen LogP contribution < -0.4 is 0 Å². The molecular weight excluding hydrogens is 475 g/mol. The molecule has 10 heteroatoms. The summed E-state index contributed by atoms with van der Waals surface area (Å²) in [4.78, 5) is 0. The van der Waals surface area contributed by atoms with Crippen molar-refractivity contribution in [3.63, 3.8) is 0 Å². The lowest BCUT2D eigenvalue weighted by Crippen LogP contribution is -2.54. The predicted molar refractivity (Wildman–Crippen MR) is 126 cm³/mol. The Labute approximate surface area is 205 Å². The number of hydrogen-bond donors (Lipinski definition) is 1. The molecular formula is C25H33O9P. The third kappa shape index (κ3) is 5.54. The van der Waals surface area contributed by atoms with Crippen LogP contribution in [0.5, 0.6) is 0 Å². The molecule has 2 aromatic carbocycles. The van der Waals surface area contributed by atoms with E-state index >= 15 is 0 Å². The summed E-state index contributed by atoms with van der Waals surface area (Å²) < 4.78 is 54.2. The molecule has 192 valence electrons. The normalized spacial score (nSPS) is 27.5. The zero-order valence-corrected chi connectivity index (χ0v) is 21.3. The molecule has 2 aliphatic heterocycles. The summed E-state index contributed by atoms with van der Waals surface area (Å²) in [6, 6.07) is 19.0. The van der Waals surface area contributed by atoms with Crippen molar-refractivity contribution in [3.05, 3.63) is 71.8 Å². The highest BCUT2D eigenvalue weighted by atomic mass is 31.2. The van der Waals surface area contributed by atoms with Crippen molar-refractivity contribution in [2.75, 3.05) is 20.8 Å². The SMILES string of the molecule is COP(=O)(OC)[C@](O)(COCc1ccccc1)[C@H]1O[C@H]2OC(C)(C)O[C@H]2[C@H]1OCc1ccccc1. The van der Waals surface area contributed by atoms with Gasteiger partial charge in [-0.3, -0.25) is 4.57 Å². The molecule has 2 aromatic rings. The van der Waals surface area contributed by atoms with Crippen molar-refractivity contribution >= 4 is 7.60 Å². The highest BCUT2D eigenvalue weighted by Crippen LogP contribution is 2.62. The Hall–Kier alpha value is -1.65. The molecule has 0 aromatic heterocycles. The standard InChI is InChI=1S/C25H33O9P/c1-24(2)33-21-20(31-16-19-13-9-6-10-14-19)22(32-23(21)34-24)25(26,35(27,28-3)29-4)17-30-15-18-11-7-5-8-12-18/h5-14,20-23,26H,15-17H2,1-4H3/t20-,21+,22+,23+,25-/m1/s1. The quantitative estimate of drug-likeness (QED) is 0.454. The van der Waals surface area contributed by atoms with Crippen LogP contribution in [-0.4, -0.2) is 61.7 Å². The minimum absolute atomic E-state index is 0.172. The molecule has 0 amide bonds. The number of ether oxygens (including phenoxy) is 5. The summed E-state index contributed by atoms with van der Waals surface area (Å²) in [7, 11) is -1.75. The highest BCUT2D eigenvalue weighted by molar-refractivity contribution is 7.55. The average molecular weight is 509 g/mol. The van der Waals surface area contributed by atoms with Gasteiger partial charge in [-0.25, -0.2) is 0 Å². The zero-order valence-electron chi connectivity index (χ0n) is 20.4. The van der Waals surface area contributed by atoms with E-state index in [4.69, 9.17) is 32.7 Å². The van der Waals surface area contributed by atoms with Crippen molar-refractivity contribution in [1.82, 2.24) is 0 Å².